The highest BCUT2D eigenvalue weighted by Crippen LogP contribution is 2.15. The van der Waals surface area contributed by atoms with Gasteiger partial charge in [-0.1, -0.05) is 0 Å². The molecule has 1 rings (SSSR count). The van der Waals surface area contributed by atoms with Crippen molar-refractivity contribution < 1.29 is 4.79 Å². The molecule has 0 radical (unpaired) electrons. The molecule has 0 saturated carbocycles. The molecular weight excluding hydrogens is 164 g/mol. The summed E-state index contributed by atoms with van der Waals surface area (Å²) in [6.45, 7) is 2.12. The van der Waals surface area contributed by atoms with Crippen molar-refractivity contribution in [3.63, 3.8) is 0 Å². The Balaban J connectivity index is 2.53. The van der Waals surface area contributed by atoms with Gasteiger partial charge in [0.05, 0.1) is 0 Å². The number of nitrogens with zero attached hydrogens (tertiary/aromatic N) is 1. The molecule has 1 heterocycles. The van der Waals surface area contributed by atoms with E-state index in [4.69, 9.17) is 0 Å². The maximum Gasteiger partial charge on any atom is 0.222 e. The molecule has 3 heteroatoms. The van der Waals surface area contributed by atoms with Crippen LogP contribution in [-0.2, 0) is 4.79 Å². The van der Waals surface area contributed by atoms with Crippen molar-refractivity contribution in [1.82, 2.24) is 10.2 Å². The highest BCUT2D eigenvalue weighted by Gasteiger charge is 2.21. The summed E-state index contributed by atoms with van der Waals surface area (Å²) in [4.78, 5) is 13.4. The van der Waals surface area contributed by atoms with Crippen LogP contribution in [0.1, 0.15) is 32.6 Å². The quantitative estimate of drug-likeness (QED) is 0.659. The third-order valence-corrected chi connectivity index (χ3v) is 3.10. The number of amides is 1. The van der Waals surface area contributed by atoms with Gasteiger partial charge in [0.25, 0.3) is 0 Å². The lowest BCUT2D eigenvalue weighted by Crippen LogP contribution is -2.40. The van der Waals surface area contributed by atoms with Crippen molar-refractivity contribution in [3.8, 4) is 0 Å². The lowest BCUT2D eigenvalue weighted by molar-refractivity contribution is -0.132. The second-order valence-electron chi connectivity index (χ2n) is 3.96. The Hall–Kier alpha value is -0.570. The third-order valence-electron chi connectivity index (χ3n) is 3.10. The number of hydrogen-bond acceptors (Lipinski definition) is 2. The van der Waals surface area contributed by atoms with E-state index in [1.807, 2.05) is 19.0 Å². The van der Waals surface area contributed by atoms with E-state index in [2.05, 4.69) is 12.2 Å². The molecule has 13 heavy (non-hydrogen) atoms. The van der Waals surface area contributed by atoms with E-state index in [1.165, 1.54) is 6.42 Å². The molecule has 0 spiro atoms. The SMILES string of the molecule is CNC1CCC(=O)N(C)C(C)CC1. The molecule has 0 aromatic rings. The molecule has 0 aliphatic carbocycles. The van der Waals surface area contributed by atoms with E-state index in [9.17, 15) is 4.79 Å². The summed E-state index contributed by atoms with van der Waals surface area (Å²) < 4.78 is 0. The van der Waals surface area contributed by atoms with Crippen LogP contribution in [0.4, 0.5) is 0 Å². The van der Waals surface area contributed by atoms with Gasteiger partial charge in [0.2, 0.25) is 5.91 Å². The number of carbonyl (C=O) groups excluding carboxylic acids is 1. The first kappa shape index (κ1) is 10.5. The Morgan fingerprint density at radius 1 is 1.38 bits per heavy atom. The summed E-state index contributed by atoms with van der Waals surface area (Å²) in [5, 5.41) is 3.26. The number of hydrogen-bond donors (Lipinski definition) is 1. The molecule has 2 atom stereocenters. The van der Waals surface area contributed by atoms with Gasteiger partial charge in [-0.25, -0.2) is 0 Å². The summed E-state index contributed by atoms with van der Waals surface area (Å²) in [6, 6.07) is 0.920. The molecule has 0 aromatic carbocycles. The maximum absolute atomic E-state index is 11.5. The van der Waals surface area contributed by atoms with Crippen LogP contribution in [-0.4, -0.2) is 37.0 Å². The van der Waals surface area contributed by atoms with Gasteiger partial charge in [-0.3, -0.25) is 4.79 Å². The van der Waals surface area contributed by atoms with E-state index < -0.39 is 0 Å². The molecule has 1 aliphatic heterocycles. The minimum absolute atomic E-state index is 0.285. The van der Waals surface area contributed by atoms with Crippen molar-refractivity contribution in [3.05, 3.63) is 0 Å². The Labute approximate surface area is 80.5 Å². The van der Waals surface area contributed by atoms with Crippen LogP contribution in [0.3, 0.4) is 0 Å². The summed E-state index contributed by atoms with van der Waals surface area (Å²) in [5.41, 5.74) is 0. The first-order chi connectivity index (χ1) is 6.15. The fraction of sp³-hybridized carbons (Fsp3) is 0.900. The third kappa shape index (κ3) is 2.69. The molecule has 1 fully saturated rings. The van der Waals surface area contributed by atoms with Crippen molar-refractivity contribution >= 4 is 5.91 Å². The fourth-order valence-electron chi connectivity index (χ4n) is 1.79. The van der Waals surface area contributed by atoms with Gasteiger partial charge in [-0.15, -0.1) is 0 Å². The minimum atomic E-state index is 0.285. The van der Waals surface area contributed by atoms with Crippen molar-refractivity contribution in [2.75, 3.05) is 14.1 Å². The zero-order chi connectivity index (χ0) is 9.84. The zero-order valence-electron chi connectivity index (χ0n) is 8.84. The summed E-state index contributed by atoms with van der Waals surface area (Å²) in [7, 11) is 3.89. The molecule has 0 aromatic heterocycles. The average Bonchev–Trinajstić information content (AvgIpc) is 2.14. The number of likely N-dealkylation sites (tertiary alicyclic amines) is 1. The van der Waals surface area contributed by atoms with Gasteiger partial charge >= 0.3 is 0 Å². The van der Waals surface area contributed by atoms with Crippen molar-refractivity contribution in [2.24, 2.45) is 0 Å². The normalized spacial score (nSPS) is 31.3. The number of rotatable bonds is 1. The Bertz CT molecular complexity index is 182. The monoisotopic (exact) mass is 184 g/mol. The molecule has 1 aliphatic rings. The molecule has 1 saturated heterocycles. The van der Waals surface area contributed by atoms with E-state index in [1.54, 1.807) is 0 Å². The van der Waals surface area contributed by atoms with Gasteiger partial charge in [0.15, 0.2) is 0 Å². The molecule has 0 bridgehead atoms. The summed E-state index contributed by atoms with van der Waals surface area (Å²) in [5.74, 6) is 0.285. The van der Waals surface area contributed by atoms with Crippen LogP contribution >= 0.6 is 0 Å². The van der Waals surface area contributed by atoms with Crippen LogP contribution in [0.25, 0.3) is 0 Å². The largest absolute Gasteiger partial charge is 0.343 e. The zero-order valence-corrected chi connectivity index (χ0v) is 8.84. The molecule has 76 valence electrons. The highest BCUT2D eigenvalue weighted by molar-refractivity contribution is 5.76. The fourth-order valence-corrected chi connectivity index (χ4v) is 1.79. The lowest BCUT2D eigenvalue weighted by atomic mass is 9.99. The smallest absolute Gasteiger partial charge is 0.222 e. The van der Waals surface area contributed by atoms with Crippen LogP contribution in [0, 0.1) is 0 Å². The molecule has 1 N–H and O–H groups in total. The van der Waals surface area contributed by atoms with Crippen LogP contribution < -0.4 is 5.32 Å². The standard InChI is InChI=1S/C10H20N2O/c1-8-4-5-9(11-2)6-7-10(13)12(8)3/h8-9,11H,4-7H2,1-3H3. The van der Waals surface area contributed by atoms with Gasteiger partial charge in [0.1, 0.15) is 0 Å². The second kappa shape index (κ2) is 4.61. The predicted octanol–water partition coefficient (Wildman–Crippen LogP) is 0.995. The predicted molar refractivity (Wildman–Crippen MR) is 53.5 cm³/mol. The van der Waals surface area contributed by atoms with Gasteiger partial charge in [0, 0.05) is 25.6 Å². The molecule has 1 amide bonds. The van der Waals surface area contributed by atoms with Crippen LogP contribution in [0.15, 0.2) is 0 Å². The second-order valence-corrected chi connectivity index (χ2v) is 3.96. The Morgan fingerprint density at radius 2 is 2.08 bits per heavy atom. The van der Waals surface area contributed by atoms with Crippen molar-refractivity contribution in [2.45, 2.75) is 44.7 Å². The topological polar surface area (TPSA) is 32.3 Å². The first-order valence-corrected chi connectivity index (χ1v) is 5.08. The summed E-state index contributed by atoms with van der Waals surface area (Å²) in [6.07, 6.45) is 3.95. The highest BCUT2D eigenvalue weighted by atomic mass is 16.2. The van der Waals surface area contributed by atoms with E-state index in [-0.39, 0.29) is 5.91 Å². The summed E-state index contributed by atoms with van der Waals surface area (Å²) >= 11 is 0. The first-order valence-electron chi connectivity index (χ1n) is 5.08. The van der Waals surface area contributed by atoms with Crippen molar-refractivity contribution in [1.29, 1.82) is 0 Å². The average molecular weight is 184 g/mol. The minimum Gasteiger partial charge on any atom is -0.343 e. The van der Waals surface area contributed by atoms with E-state index in [0.29, 0.717) is 18.5 Å². The molecular formula is C10H20N2O. The number of nitrogens with one attached hydrogen (secondary N) is 1. The Kier molecular flexibility index (Phi) is 3.72. The van der Waals surface area contributed by atoms with Crippen LogP contribution in [0.5, 0.6) is 0 Å². The lowest BCUT2D eigenvalue weighted by Gasteiger charge is -2.30. The van der Waals surface area contributed by atoms with Crippen LogP contribution in [0.2, 0.25) is 0 Å². The number of carbonyl (C=O) groups is 1. The van der Waals surface area contributed by atoms with Gasteiger partial charge < -0.3 is 10.2 Å². The molecule has 2 unspecified atom stereocenters. The maximum atomic E-state index is 11.5. The van der Waals surface area contributed by atoms with E-state index in [0.717, 1.165) is 12.8 Å². The van der Waals surface area contributed by atoms with Gasteiger partial charge in [-0.05, 0) is 33.2 Å². The van der Waals surface area contributed by atoms with Gasteiger partial charge in [-0.2, -0.15) is 0 Å². The van der Waals surface area contributed by atoms with E-state index >= 15 is 0 Å². The molecule has 3 nitrogen and oxygen atoms in total. The Morgan fingerprint density at radius 3 is 2.69 bits per heavy atom.